The molecule has 11 heteroatoms. The largest absolute Gasteiger partial charge is 0.369 e. The van der Waals surface area contributed by atoms with Crippen LogP contribution in [0, 0.1) is 0 Å². The van der Waals surface area contributed by atoms with Crippen LogP contribution in [0.4, 0.5) is 5.95 Å². The van der Waals surface area contributed by atoms with Gasteiger partial charge in [-0.3, -0.25) is 14.3 Å². The molecule has 6 N–H and O–H groups in total. The lowest BCUT2D eigenvalue weighted by atomic mass is 10.4. The van der Waals surface area contributed by atoms with Crippen LogP contribution in [0.1, 0.15) is 5.82 Å². The molecule has 0 aliphatic rings. The maximum atomic E-state index is 11.6. The Morgan fingerprint density at radius 3 is 2.76 bits per heavy atom. The molecule has 10 nitrogen and oxygen atoms in total. The van der Waals surface area contributed by atoms with Gasteiger partial charge in [-0.05, 0) is 0 Å². The van der Waals surface area contributed by atoms with E-state index in [1.165, 1.54) is 0 Å². The summed E-state index contributed by atoms with van der Waals surface area (Å²) in [6.45, 7) is 0.0666. The van der Waals surface area contributed by atoms with E-state index in [1.807, 2.05) is 0 Å². The number of nitrogens with two attached hydrogens (primary N) is 1. The number of hydrogen-bond donors (Lipinski definition) is 5. The minimum atomic E-state index is -4.14. The number of fused-ring (bicyclic) bond motifs is 1. The Balaban J connectivity index is 1.93. The highest BCUT2D eigenvalue weighted by molar-refractivity contribution is 7.51. The Morgan fingerprint density at radius 2 is 2.05 bits per heavy atom. The molecule has 0 atom stereocenters. The maximum absolute atomic E-state index is 11.6. The number of aromatic nitrogens is 4. The molecule has 0 aromatic carbocycles. The summed E-state index contributed by atoms with van der Waals surface area (Å²) in [4.78, 5) is 41.9. The summed E-state index contributed by atoms with van der Waals surface area (Å²) in [6, 6.07) is 0. The fourth-order valence-corrected chi connectivity index (χ4v) is 1.91. The predicted molar refractivity (Wildman–Crippen MR) is 74.6 cm³/mol. The first kappa shape index (κ1) is 15.4. The van der Waals surface area contributed by atoms with Crippen molar-refractivity contribution >= 4 is 24.7 Å². The smallest absolute Gasteiger partial charge is 0.350 e. The van der Waals surface area contributed by atoms with Gasteiger partial charge in [0.25, 0.3) is 5.56 Å². The molecule has 0 unspecified atom stereocenters. The van der Waals surface area contributed by atoms with Crippen LogP contribution in [0.2, 0.25) is 0 Å². The number of anilines is 1. The molecule has 0 fully saturated rings. The summed E-state index contributed by atoms with van der Waals surface area (Å²) in [5.74, 6) is 0.506. The zero-order valence-corrected chi connectivity index (χ0v) is 11.7. The molecule has 0 saturated heterocycles. The van der Waals surface area contributed by atoms with Crippen LogP contribution in [-0.2, 0) is 15.7 Å². The standard InChI is InChI=1S/C10H14N5O5P/c11-10-14-8-7(9(16)15-10)12-6(13-8)3-1-2-4-20-5-21(17,18)19/h1-2H,3-5H2,(H2,17,18,19)(H4,11,12,13,14,15,16). The normalized spacial score (nSPS) is 12.5. The van der Waals surface area contributed by atoms with Crippen LogP contribution < -0.4 is 11.3 Å². The van der Waals surface area contributed by atoms with E-state index in [4.69, 9.17) is 20.3 Å². The molecule has 0 radical (unpaired) electrons. The SMILES string of the molecule is Nc1nc2nc(CC=CCOCP(=O)(O)O)[nH]c2c(=O)[nH]1. The number of nitrogens with zero attached hydrogens (tertiary/aromatic N) is 2. The fourth-order valence-electron chi connectivity index (χ4n) is 1.57. The number of H-pyrrole nitrogens is 2. The van der Waals surface area contributed by atoms with Crippen LogP contribution >= 0.6 is 7.60 Å². The number of nitrogen functional groups attached to an aromatic ring is 1. The van der Waals surface area contributed by atoms with Gasteiger partial charge in [0, 0.05) is 6.42 Å². The van der Waals surface area contributed by atoms with Gasteiger partial charge in [0.15, 0.2) is 11.2 Å². The first-order valence-electron chi connectivity index (χ1n) is 5.87. The Bertz CT molecular complexity index is 761. The average molecular weight is 315 g/mol. The third kappa shape index (κ3) is 4.50. The van der Waals surface area contributed by atoms with Crippen molar-refractivity contribution in [1.82, 2.24) is 19.9 Å². The number of rotatable bonds is 6. The maximum Gasteiger partial charge on any atom is 0.350 e. The molecule has 2 rings (SSSR count). The highest BCUT2D eigenvalue weighted by Gasteiger charge is 2.11. The van der Waals surface area contributed by atoms with Gasteiger partial charge in [-0.25, -0.2) is 4.98 Å². The second-order valence-electron chi connectivity index (χ2n) is 4.17. The van der Waals surface area contributed by atoms with E-state index in [0.717, 1.165) is 0 Å². The number of ether oxygens (including phenoxy) is 1. The zero-order chi connectivity index (χ0) is 15.5. The first-order chi connectivity index (χ1) is 9.85. The quantitative estimate of drug-likeness (QED) is 0.269. The lowest BCUT2D eigenvalue weighted by Gasteiger charge is -2.02. The van der Waals surface area contributed by atoms with Gasteiger partial charge in [0.05, 0.1) is 6.61 Å². The van der Waals surface area contributed by atoms with Gasteiger partial charge in [-0.15, -0.1) is 0 Å². The summed E-state index contributed by atoms with van der Waals surface area (Å²) < 4.78 is 15.3. The van der Waals surface area contributed by atoms with Crippen LogP contribution in [0.25, 0.3) is 11.2 Å². The van der Waals surface area contributed by atoms with Crippen molar-refractivity contribution < 1.29 is 19.1 Å². The van der Waals surface area contributed by atoms with Crippen molar-refractivity contribution in [2.24, 2.45) is 0 Å². The Labute approximate surface area is 118 Å². The molecule has 2 aromatic heterocycles. The second kappa shape index (κ2) is 6.19. The second-order valence-corrected chi connectivity index (χ2v) is 5.76. The van der Waals surface area contributed by atoms with Crippen molar-refractivity contribution in [2.45, 2.75) is 6.42 Å². The molecule has 2 aromatic rings. The van der Waals surface area contributed by atoms with Gasteiger partial charge < -0.3 is 25.2 Å². The van der Waals surface area contributed by atoms with Crippen LogP contribution in [0.5, 0.6) is 0 Å². The van der Waals surface area contributed by atoms with E-state index >= 15 is 0 Å². The summed E-state index contributed by atoms with van der Waals surface area (Å²) >= 11 is 0. The fraction of sp³-hybridized carbons (Fsp3) is 0.300. The Hall–Kier alpha value is -2.00. The lowest BCUT2D eigenvalue weighted by molar-refractivity contribution is 0.184. The van der Waals surface area contributed by atoms with Crippen molar-refractivity contribution in [1.29, 1.82) is 0 Å². The van der Waals surface area contributed by atoms with E-state index in [1.54, 1.807) is 12.2 Å². The van der Waals surface area contributed by atoms with Gasteiger partial charge in [0.1, 0.15) is 12.2 Å². The van der Waals surface area contributed by atoms with E-state index in [-0.39, 0.29) is 23.7 Å². The zero-order valence-electron chi connectivity index (χ0n) is 10.8. The van der Waals surface area contributed by atoms with Gasteiger partial charge >= 0.3 is 7.60 Å². The topological polar surface area (TPSA) is 167 Å². The lowest BCUT2D eigenvalue weighted by Crippen LogP contribution is -2.10. The van der Waals surface area contributed by atoms with Gasteiger partial charge in [-0.2, -0.15) is 4.98 Å². The molecule has 21 heavy (non-hydrogen) atoms. The van der Waals surface area contributed by atoms with Crippen molar-refractivity contribution in [2.75, 3.05) is 18.7 Å². The Morgan fingerprint density at radius 1 is 1.29 bits per heavy atom. The number of nitrogens with one attached hydrogen (secondary N) is 2. The molecule has 0 aliphatic carbocycles. The van der Waals surface area contributed by atoms with Crippen molar-refractivity contribution in [3.05, 3.63) is 28.3 Å². The third-order valence-electron chi connectivity index (χ3n) is 2.38. The third-order valence-corrected chi connectivity index (χ3v) is 2.90. The van der Waals surface area contributed by atoms with E-state index in [0.29, 0.717) is 12.2 Å². The number of hydrogen-bond acceptors (Lipinski definition) is 6. The van der Waals surface area contributed by atoms with E-state index in [9.17, 15) is 9.36 Å². The molecule has 114 valence electrons. The van der Waals surface area contributed by atoms with Crippen molar-refractivity contribution in [3.8, 4) is 0 Å². The molecular weight excluding hydrogens is 301 g/mol. The predicted octanol–water partition coefficient (Wildman–Crippen LogP) is -0.521. The molecular formula is C10H14N5O5P. The van der Waals surface area contributed by atoms with E-state index in [2.05, 4.69) is 19.9 Å². The average Bonchev–Trinajstić information content (AvgIpc) is 2.75. The monoisotopic (exact) mass is 315 g/mol. The first-order valence-corrected chi connectivity index (χ1v) is 7.66. The molecule has 0 saturated carbocycles. The van der Waals surface area contributed by atoms with Crippen LogP contribution in [-0.4, -0.2) is 42.7 Å². The molecule has 0 amide bonds. The number of allylic oxidation sites excluding steroid dienone is 1. The Kier molecular flexibility index (Phi) is 4.53. The summed E-state index contributed by atoms with van der Waals surface area (Å²) in [7, 11) is -4.14. The molecule has 0 spiro atoms. The number of imidazole rings is 1. The van der Waals surface area contributed by atoms with Crippen LogP contribution in [0.3, 0.4) is 0 Å². The number of aromatic amines is 2. The minimum Gasteiger partial charge on any atom is -0.369 e. The molecule has 0 bridgehead atoms. The van der Waals surface area contributed by atoms with Crippen LogP contribution in [0.15, 0.2) is 16.9 Å². The summed E-state index contributed by atoms with van der Waals surface area (Å²) in [5, 5.41) is 0. The highest BCUT2D eigenvalue weighted by atomic mass is 31.2. The van der Waals surface area contributed by atoms with E-state index < -0.39 is 19.5 Å². The minimum absolute atomic E-state index is 0.00747. The van der Waals surface area contributed by atoms with Crippen molar-refractivity contribution in [3.63, 3.8) is 0 Å². The highest BCUT2D eigenvalue weighted by Crippen LogP contribution is 2.33. The summed E-state index contributed by atoms with van der Waals surface area (Å²) in [6.07, 6.45) is 3.04. The summed E-state index contributed by atoms with van der Waals surface area (Å²) in [5.41, 5.74) is 5.49. The molecule has 0 aliphatic heterocycles. The van der Waals surface area contributed by atoms with Gasteiger partial charge in [0.2, 0.25) is 5.95 Å². The van der Waals surface area contributed by atoms with Gasteiger partial charge in [-0.1, -0.05) is 12.2 Å². The molecule has 2 heterocycles.